The lowest BCUT2D eigenvalue weighted by Crippen LogP contribution is -2.48. The van der Waals surface area contributed by atoms with Crippen LogP contribution in [0.15, 0.2) is 78.9 Å². The van der Waals surface area contributed by atoms with Crippen LogP contribution in [0.3, 0.4) is 0 Å². The Kier molecular flexibility index (Phi) is 6.98. The van der Waals surface area contributed by atoms with Crippen LogP contribution in [0.25, 0.3) is 0 Å². The zero-order valence-electron chi connectivity index (χ0n) is 18.0. The van der Waals surface area contributed by atoms with E-state index >= 15 is 0 Å². The molecule has 3 aromatic carbocycles. The van der Waals surface area contributed by atoms with E-state index in [1.807, 2.05) is 18.2 Å². The van der Waals surface area contributed by atoms with E-state index in [9.17, 15) is 18.4 Å². The van der Waals surface area contributed by atoms with E-state index in [0.717, 1.165) is 5.56 Å². The Morgan fingerprint density at radius 1 is 0.879 bits per heavy atom. The molecule has 0 aliphatic carbocycles. The van der Waals surface area contributed by atoms with Crippen LogP contribution in [0.2, 0.25) is 0 Å². The fraction of sp³-hybridized carbons (Fsp3) is 0.231. The van der Waals surface area contributed by atoms with Gasteiger partial charge in [-0.3, -0.25) is 4.79 Å². The monoisotopic (exact) mass is 449 g/mol. The highest BCUT2D eigenvalue weighted by Crippen LogP contribution is 2.34. The van der Waals surface area contributed by atoms with Crippen molar-refractivity contribution in [3.63, 3.8) is 0 Å². The van der Waals surface area contributed by atoms with Gasteiger partial charge in [0.2, 0.25) is 5.91 Å². The summed E-state index contributed by atoms with van der Waals surface area (Å²) in [6, 6.07) is 20.7. The number of benzene rings is 3. The third-order valence-corrected chi connectivity index (χ3v) is 5.85. The number of likely N-dealkylation sites (tertiary alicyclic amines) is 1. The van der Waals surface area contributed by atoms with Crippen molar-refractivity contribution in [3.8, 4) is 0 Å². The zero-order chi connectivity index (χ0) is 23.2. The molecular weight excluding hydrogens is 424 g/mol. The normalized spacial score (nSPS) is 17.9. The predicted octanol–water partition coefficient (Wildman–Crippen LogP) is 5.27. The molecule has 5 nitrogen and oxygen atoms in total. The van der Waals surface area contributed by atoms with Crippen molar-refractivity contribution in [2.75, 3.05) is 11.9 Å². The van der Waals surface area contributed by atoms with Crippen molar-refractivity contribution in [2.24, 2.45) is 5.92 Å². The number of carbonyl (C=O) groups excluding carboxylic acids is 2. The molecule has 0 aromatic heterocycles. The number of urea groups is 1. The molecule has 0 radical (unpaired) electrons. The number of hydrogen-bond acceptors (Lipinski definition) is 2. The van der Waals surface area contributed by atoms with Gasteiger partial charge in [0.15, 0.2) is 0 Å². The van der Waals surface area contributed by atoms with Crippen LogP contribution in [-0.4, -0.2) is 23.4 Å². The summed E-state index contributed by atoms with van der Waals surface area (Å²) in [5.74, 6) is -1.29. The number of amides is 3. The third-order valence-electron chi connectivity index (χ3n) is 5.85. The Morgan fingerprint density at radius 3 is 2.36 bits per heavy atom. The SMILES string of the molecule is O=C(NCc1cccc(F)c1)C1CCC(c2ccc(F)cc2)N(C(=O)Nc2ccccc2)C1. The summed E-state index contributed by atoms with van der Waals surface area (Å²) in [6.07, 6.45) is 1.14. The summed E-state index contributed by atoms with van der Waals surface area (Å²) in [7, 11) is 0. The van der Waals surface area contributed by atoms with E-state index in [2.05, 4.69) is 10.6 Å². The molecule has 4 rings (SSSR count). The third kappa shape index (κ3) is 5.74. The first-order valence-electron chi connectivity index (χ1n) is 10.9. The van der Waals surface area contributed by atoms with E-state index < -0.39 is 5.92 Å². The van der Waals surface area contributed by atoms with Gasteiger partial charge >= 0.3 is 6.03 Å². The minimum atomic E-state index is -0.406. The Bertz CT molecular complexity index is 1110. The smallest absolute Gasteiger partial charge is 0.322 e. The van der Waals surface area contributed by atoms with E-state index in [4.69, 9.17) is 0 Å². The molecule has 2 unspecified atom stereocenters. The average molecular weight is 450 g/mol. The summed E-state index contributed by atoms with van der Waals surface area (Å²) in [4.78, 5) is 27.7. The first kappa shape index (κ1) is 22.5. The van der Waals surface area contributed by atoms with Gasteiger partial charge in [0, 0.05) is 18.8 Å². The van der Waals surface area contributed by atoms with Crippen molar-refractivity contribution in [1.29, 1.82) is 0 Å². The molecule has 0 bridgehead atoms. The molecule has 1 aliphatic heterocycles. The molecule has 1 aliphatic rings. The number of anilines is 1. The largest absolute Gasteiger partial charge is 0.352 e. The Morgan fingerprint density at radius 2 is 1.64 bits per heavy atom. The van der Waals surface area contributed by atoms with Gasteiger partial charge in [-0.25, -0.2) is 13.6 Å². The topological polar surface area (TPSA) is 61.4 Å². The standard InChI is InChI=1S/C26H25F2N3O2/c27-21-12-9-19(10-13-21)24-14-11-20(25(32)29-16-18-5-4-6-22(28)15-18)17-31(24)26(33)30-23-7-2-1-3-8-23/h1-10,12-13,15,20,24H,11,14,16-17H2,(H,29,32)(H,30,33). The van der Waals surface area contributed by atoms with Crippen molar-refractivity contribution >= 4 is 17.6 Å². The lowest BCUT2D eigenvalue weighted by Gasteiger charge is -2.39. The minimum absolute atomic E-state index is 0.186. The van der Waals surface area contributed by atoms with E-state index in [1.165, 1.54) is 24.3 Å². The van der Waals surface area contributed by atoms with Gasteiger partial charge in [0.1, 0.15) is 11.6 Å². The molecule has 2 atom stereocenters. The van der Waals surface area contributed by atoms with Gasteiger partial charge in [-0.05, 0) is 60.4 Å². The summed E-state index contributed by atoms with van der Waals surface area (Å²) in [5.41, 5.74) is 2.14. The molecule has 1 heterocycles. The predicted molar refractivity (Wildman–Crippen MR) is 122 cm³/mol. The molecule has 0 saturated carbocycles. The number of rotatable bonds is 5. The highest BCUT2D eigenvalue weighted by molar-refractivity contribution is 5.90. The van der Waals surface area contributed by atoms with Crippen LogP contribution in [0, 0.1) is 17.6 Å². The molecule has 3 amide bonds. The van der Waals surface area contributed by atoms with E-state index in [1.54, 1.807) is 41.3 Å². The first-order chi connectivity index (χ1) is 16.0. The van der Waals surface area contributed by atoms with Crippen LogP contribution in [0.4, 0.5) is 19.3 Å². The van der Waals surface area contributed by atoms with Crippen molar-refractivity contribution < 1.29 is 18.4 Å². The highest BCUT2D eigenvalue weighted by atomic mass is 19.1. The maximum atomic E-state index is 13.4. The molecule has 1 saturated heterocycles. The van der Waals surface area contributed by atoms with E-state index in [-0.39, 0.29) is 42.7 Å². The van der Waals surface area contributed by atoms with E-state index in [0.29, 0.717) is 24.1 Å². The molecule has 170 valence electrons. The molecule has 3 aromatic rings. The molecule has 33 heavy (non-hydrogen) atoms. The fourth-order valence-corrected chi connectivity index (χ4v) is 4.14. The maximum absolute atomic E-state index is 13.4. The van der Waals surface area contributed by atoms with Gasteiger partial charge in [0.05, 0.1) is 12.0 Å². The number of piperidine rings is 1. The number of nitrogens with zero attached hydrogens (tertiary/aromatic N) is 1. The maximum Gasteiger partial charge on any atom is 0.322 e. The van der Waals surface area contributed by atoms with Gasteiger partial charge in [-0.1, -0.05) is 42.5 Å². The second-order valence-corrected chi connectivity index (χ2v) is 8.14. The number of para-hydroxylation sites is 1. The molecule has 2 N–H and O–H groups in total. The fourth-order valence-electron chi connectivity index (χ4n) is 4.14. The van der Waals surface area contributed by atoms with Crippen LogP contribution in [0.5, 0.6) is 0 Å². The molecular formula is C26H25F2N3O2. The summed E-state index contributed by atoms with van der Waals surface area (Å²) < 4.78 is 26.9. The molecule has 7 heteroatoms. The van der Waals surface area contributed by atoms with Crippen LogP contribution in [-0.2, 0) is 11.3 Å². The zero-order valence-corrected chi connectivity index (χ0v) is 18.0. The summed E-state index contributed by atoms with van der Waals surface area (Å²) in [6.45, 7) is 0.431. The summed E-state index contributed by atoms with van der Waals surface area (Å²) >= 11 is 0. The van der Waals surface area contributed by atoms with Crippen molar-refractivity contribution in [3.05, 3.63) is 102 Å². The lowest BCUT2D eigenvalue weighted by atomic mass is 9.88. The van der Waals surface area contributed by atoms with Crippen LogP contribution < -0.4 is 10.6 Å². The highest BCUT2D eigenvalue weighted by Gasteiger charge is 2.35. The average Bonchev–Trinajstić information content (AvgIpc) is 2.83. The molecule has 0 spiro atoms. The Hall–Kier alpha value is -3.74. The first-order valence-corrected chi connectivity index (χ1v) is 10.9. The van der Waals surface area contributed by atoms with Gasteiger partial charge < -0.3 is 15.5 Å². The van der Waals surface area contributed by atoms with Gasteiger partial charge in [-0.2, -0.15) is 0 Å². The van der Waals surface area contributed by atoms with Gasteiger partial charge in [0.25, 0.3) is 0 Å². The van der Waals surface area contributed by atoms with Gasteiger partial charge in [-0.15, -0.1) is 0 Å². The Labute approximate surface area is 191 Å². The number of nitrogens with one attached hydrogen (secondary N) is 2. The number of carbonyl (C=O) groups is 2. The van der Waals surface area contributed by atoms with Crippen LogP contribution in [0.1, 0.15) is 30.0 Å². The second-order valence-electron chi connectivity index (χ2n) is 8.14. The molecule has 1 fully saturated rings. The lowest BCUT2D eigenvalue weighted by molar-refractivity contribution is -0.126. The second kappa shape index (κ2) is 10.3. The van der Waals surface area contributed by atoms with Crippen LogP contribution >= 0.6 is 0 Å². The quantitative estimate of drug-likeness (QED) is 0.558. The number of halogens is 2. The summed E-state index contributed by atoms with van der Waals surface area (Å²) in [5, 5.41) is 5.74. The van der Waals surface area contributed by atoms with Crippen molar-refractivity contribution in [1.82, 2.24) is 10.2 Å². The number of hydrogen-bond donors (Lipinski definition) is 2. The Balaban J connectivity index is 1.48. The van der Waals surface area contributed by atoms with Crippen molar-refractivity contribution in [2.45, 2.75) is 25.4 Å². The minimum Gasteiger partial charge on any atom is -0.352 e.